The highest BCUT2D eigenvalue weighted by molar-refractivity contribution is 7.48. The maximum absolute atomic E-state index is 12.8. The molecule has 14 heteroatoms. The number of methoxy groups -OCH3 is 1. The van der Waals surface area contributed by atoms with Crippen LogP contribution < -0.4 is 5.32 Å². The van der Waals surface area contributed by atoms with Gasteiger partial charge >= 0.3 is 19.8 Å². The Morgan fingerprint density at radius 2 is 1.79 bits per heavy atom. The number of piperazine rings is 1. The molecule has 0 aliphatic carbocycles. The van der Waals surface area contributed by atoms with Crippen LogP contribution in [0.3, 0.4) is 0 Å². The standard InChI is InChI=1S/C19H32N3O10P/c1-14(23)22-9-7-21(8-10-22)11-16(25)29-13-31-33(27)30-12-19(2,3)17(32-33)18(26)20-6-5-15(24)28-4/h17H,5-13H2,1-4H3,(H,20,26)/t17-,33?/m0/s1. The van der Waals surface area contributed by atoms with Crippen molar-refractivity contribution in [3.63, 3.8) is 0 Å². The molecular formula is C19H32N3O10P. The van der Waals surface area contributed by atoms with Crippen LogP contribution in [0.1, 0.15) is 27.2 Å². The van der Waals surface area contributed by atoms with Gasteiger partial charge in [0.2, 0.25) is 18.6 Å². The second-order valence-corrected chi connectivity index (χ2v) is 9.98. The summed E-state index contributed by atoms with van der Waals surface area (Å²) in [7, 11) is -2.93. The highest BCUT2D eigenvalue weighted by Gasteiger charge is 2.49. The summed E-state index contributed by atoms with van der Waals surface area (Å²) < 4.78 is 37.9. The zero-order valence-corrected chi connectivity index (χ0v) is 20.3. The van der Waals surface area contributed by atoms with Gasteiger partial charge in [-0.15, -0.1) is 0 Å². The predicted molar refractivity (Wildman–Crippen MR) is 113 cm³/mol. The van der Waals surface area contributed by atoms with E-state index < -0.39 is 44.0 Å². The first-order valence-electron chi connectivity index (χ1n) is 10.5. The van der Waals surface area contributed by atoms with Crippen molar-refractivity contribution >= 4 is 31.6 Å². The van der Waals surface area contributed by atoms with Crippen LogP contribution >= 0.6 is 7.82 Å². The van der Waals surface area contributed by atoms with E-state index in [1.165, 1.54) is 14.0 Å². The van der Waals surface area contributed by atoms with Gasteiger partial charge in [-0.25, -0.2) is 9.09 Å². The minimum atomic E-state index is -4.17. The average Bonchev–Trinajstić information content (AvgIpc) is 2.75. The van der Waals surface area contributed by atoms with E-state index in [2.05, 4.69) is 10.1 Å². The molecule has 0 radical (unpaired) electrons. The molecule has 0 aromatic rings. The van der Waals surface area contributed by atoms with Gasteiger partial charge in [-0.1, -0.05) is 13.8 Å². The molecule has 2 aliphatic rings. The summed E-state index contributed by atoms with van der Waals surface area (Å²) in [4.78, 5) is 50.6. The van der Waals surface area contributed by atoms with E-state index in [1.54, 1.807) is 18.7 Å². The Bertz CT molecular complexity index is 782. The molecule has 0 bridgehead atoms. The van der Waals surface area contributed by atoms with Gasteiger partial charge in [-0.2, -0.15) is 0 Å². The van der Waals surface area contributed by atoms with E-state index in [-0.39, 0.29) is 32.0 Å². The maximum atomic E-state index is 12.8. The maximum Gasteiger partial charge on any atom is 0.478 e. The van der Waals surface area contributed by atoms with Crippen LogP contribution in [0, 0.1) is 5.41 Å². The SMILES string of the molecule is COC(=O)CCNC(=O)[C@@H]1OP(=O)(OCOC(=O)CN2CCN(C(C)=O)CC2)OCC1(C)C. The van der Waals surface area contributed by atoms with Crippen molar-refractivity contribution in [3.8, 4) is 0 Å². The molecule has 1 N–H and O–H groups in total. The molecule has 2 saturated heterocycles. The first-order chi connectivity index (χ1) is 15.5. The van der Waals surface area contributed by atoms with E-state index >= 15 is 0 Å². The molecule has 0 saturated carbocycles. The van der Waals surface area contributed by atoms with Gasteiger partial charge in [0, 0.05) is 45.1 Å². The van der Waals surface area contributed by atoms with Gasteiger partial charge in [-0.3, -0.25) is 33.1 Å². The first-order valence-corrected chi connectivity index (χ1v) is 12.0. The minimum Gasteiger partial charge on any atom is -0.469 e. The fourth-order valence-electron chi connectivity index (χ4n) is 3.18. The molecule has 0 aromatic heterocycles. The van der Waals surface area contributed by atoms with Crippen LogP contribution in [0.5, 0.6) is 0 Å². The molecule has 0 spiro atoms. The van der Waals surface area contributed by atoms with Crippen molar-refractivity contribution in [2.75, 3.05) is 59.8 Å². The number of ether oxygens (including phenoxy) is 2. The zero-order valence-electron chi connectivity index (χ0n) is 19.4. The lowest BCUT2D eigenvalue weighted by Crippen LogP contribution is -2.50. The molecule has 188 valence electrons. The average molecular weight is 493 g/mol. The van der Waals surface area contributed by atoms with Crippen molar-refractivity contribution in [3.05, 3.63) is 0 Å². The van der Waals surface area contributed by atoms with Gasteiger partial charge < -0.3 is 19.7 Å². The number of hydrogen-bond acceptors (Lipinski definition) is 11. The summed E-state index contributed by atoms with van der Waals surface area (Å²) >= 11 is 0. The van der Waals surface area contributed by atoms with Crippen molar-refractivity contribution < 1.29 is 46.8 Å². The van der Waals surface area contributed by atoms with Crippen molar-refractivity contribution in [1.29, 1.82) is 0 Å². The van der Waals surface area contributed by atoms with Gasteiger partial charge in [0.15, 0.2) is 6.10 Å². The molecule has 0 aromatic carbocycles. The molecular weight excluding hydrogens is 461 g/mol. The number of phosphoric acid groups is 1. The fraction of sp³-hybridized carbons (Fsp3) is 0.789. The summed E-state index contributed by atoms with van der Waals surface area (Å²) in [6.07, 6.45) is -1.21. The minimum absolute atomic E-state index is 0.0125. The third kappa shape index (κ3) is 8.35. The van der Waals surface area contributed by atoms with Crippen LogP contribution in [0.2, 0.25) is 0 Å². The Morgan fingerprint density at radius 3 is 2.39 bits per heavy atom. The van der Waals surface area contributed by atoms with Crippen LogP contribution in [-0.4, -0.2) is 99.4 Å². The van der Waals surface area contributed by atoms with Gasteiger partial charge in [0.05, 0.1) is 26.7 Å². The van der Waals surface area contributed by atoms with E-state index in [0.29, 0.717) is 26.2 Å². The molecule has 2 aliphatic heterocycles. The lowest BCUT2D eigenvalue weighted by molar-refractivity contribution is -0.157. The molecule has 2 heterocycles. The molecule has 33 heavy (non-hydrogen) atoms. The van der Waals surface area contributed by atoms with E-state index in [9.17, 15) is 23.7 Å². The molecule has 2 rings (SSSR count). The smallest absolute Gasteiger partial charge is 0.469 e. The summed E-state index contributed by atoms with van der Waals surface area (Å²) in [5.41, 5.74) is -0.828. The van der Waals surface area contributed by atoms with E-state index in [4.69, 9.17) is 18.3 Å². The predicted octanol–water partition coefficient (Wildman–Crippen LogP) is -0.103. The van der Waals surface area contributed by atoms with Crippen LogP contribution in [0.4, 0.5) is 0 Å². The number of amides is 2. The fourth-order valence-corrected chi connectivity index (χ4v) is 4.69. The van der Waals surface area contributed by atoms with E-state index in [1.807, 2.05) is 4.90 Å². The second-order valence-electron chi connectivity index (χ2n) is 8.36. The number of nitrogens with zero attached hydrogens (tertiary/aromatic N) is 2. The molecule has 2 fully saturated rings. The molecule has 2 atom stereocenters. The third-order valence-corrected chi connectivity index (χ3v) is 6.57. The van der Waals surface area contributed by atoms with Gasteiger partial charge in [0.25, 0.3) is 0 Å². The summed E-state index contributed by atoms with van der Waals surface area (Å²) in [6, 6.07) is 0. The summed E-state index contributed by atoms with van der Waals surface area (Å²) in [5, 5.41) is 2.53. The number of rotatable bonds is 9. The van der Waals surface area contributed by atoms with Crippen LogP contribution in [0.25, 0.3) is 0 Å². The van der Waals surface area contributed by atoms with E-state index in [0.717, 1.165) is 0 Å². The lowest BCUT2D eigenvalue weighted by atomic mass is 9.87. The Hall–Kier alpha value is -2.05. The Morgan fingerprint density at radius 1 is 1.12 bits per heavy atom. The summed E-state index contributed by atoms with van der Waals surface area (Å²) in [6.45, 7) is 6.20. The third-order valence-electron chi connectivity index (χ3n) is 5.23. The first kappa shape index (κ1) is 27.2. The zero-order chi connectivity index (χ0) is 24.6. The normalized spacial score (nSPS) is 25.2. The van der Waals surface area contributed by atoms with Crippen LogP contribution in [-0.2, 0) is 46.8 Å². The highest BCUT2D eigenvalue weighted by atomic mass is 31.2. The lowest BCUT2D eigenvalue weighted by Gasteiger charge is -2.39. The Labute approximate surface area is 192 Å². The monoisotopic (exact) mass is 493 g/mol. The largest absolute Gasteiger partial charge is 0.478 e. The number of phosphoric ester groups is 1. The molecule has 1 unspecified atom stereocenters. The van der Waals surface area contributed by atoms with Crippen molar-refractivity contribution in [2.45, 2.75) is 33.3 Å². The van der Waals surface area contributed by atoms with Gasteiger partial charge in [-0.05, 0) is 0 Å². The number of carbonyl (C=O) groups excluding carboxylic acids is 4. The molecule has 13 nitrogen and oxygen atoms in total. The molecule has 2 amide bonds. The van der Waals surface area contributed by atoms with Crippen LogP contribution in [0.15, 0.2) is 0 Å². The van der Waals surface area contributed by atoms with Crippen molar-refractivity contribution in [2.24, 2.45) is 5.41 Å². The van der Waals surface area contributed by atoms with Crippen molar-refractivity contribution in [1.82, 2.24) is 15.1 Å². The van der Waals surface area contributed by atoms with Gasteiger partial charge in [0.1, 0.15) is 0 Å². The quantitative estimate of drug-likeness (QED) is 0.260. The number of esters is 2. The number of hydrogen-bond donors (Lipinski definition) is 1. The second kappa shape index (κ2) is 11.9. The highest BCUT2D eigenvalue weighted by Crippen LogP contribution is 2.57. The number of nitrogens with one attached hydrogen (secondary N) is 1. The number of carbonyl (C=O) groups is 4. The Balaban J connectivity index is 1.78. The Kier molecular flexibility index (Phi) is 9.80. The summed E-state index contributed by atoms with van der Waals surface area (Å²) in [5.74, 6) is -1.69. The topological polar surface area (TPSA) is 150 Å².